The van der Waals surface area contributed by atoms with Gasteiger partial charge < -0.3 is 5.32 Å². The molecule has 3 heteroatoms. The van der Waals surface area contributed by atoms with Crippen molar-refractivity contribution in [2.24, 2.45) is 5.92 Å². The number of nitrogens with one attached hydrogen (secondary N) is 1. The SMILES string of the molecule is CNC(c1ccc(Cl)cc1Br)C1CC1c1ccccc1. The van der Waals surface area contributed by atoms with Gasteiger partial charge in [-0.1, -0.05) is 63.9 Å². The molecule has 1 N–H and O–H groups in total. The van der Waals surface area contributed by atoms with Gasteiger partial charge in [-0.15, -0.1) is 0 Å². The van der Waals surface area contributed by atoms with E-state index < -0.39 is 0 Å². The molecule has 0 bridgehead atoms. The normalized spacial score (nSPS) is 22.6. The van der Waals surface area contributed by atoms with Crippen LogP contribution in [0.25, 0.3) is 0 Å². The topological polar surface area (TPSA) is 12.0 Å². The zero-order valence-corrected chi connectivity index (χ0v) is 13.7. The second kappa shape index (κ2) is 5.88. The Bertz CT molecular complexity index is 599. The number of hydrogen-bond acceptors (Lipinski definition) is 1. The van der Waals surface area contributed by atoms with Crippen LogP contribution in [0.5, 0.6) is 0 Å². The highest BCUT2D eigenvalue weighted by molar-refractivity contribution is 9.10. The van der Waals surface area contributed by atoms with Crippen molar-refractivity contribution >= 4 is 27.5 Å². The standard InChI is InChI=1S/C17H17BrClN/c1-20-17(13-8-7-12(19)9-16(13)18)15-10-14(15)11-5-3-2-4-6-11/h2-9,14-15,17,20H,10H2,1H3. The molecule has 20 heavy (non-hydrogen) atoms. The molecular weight excluding hydrogens is 334 g/mol. The predicted octanol–water partition coefficient (Wildman–Crippen LogP) is 5.17. The summed E-state index contributed by atoms with van der Waals surface area (Å²) >= 11 is 9.67. The maximum absolute atomic E-state index is 6.03. The summed E-state index contributed by atoms with van der Waals surface area (Å²) in [5, 5.41) is 4.24. The van der Waals surface area contributed by atoms with Gasteiger partial charge in [0, 0.05) is 15.5 Å². The molecule has 0 spiro atoms. The van der Waals surface area contributed by atoms with Gasteiger partial charge in [-0.3, -0.25) is 0 Å². The zero-order chi connectivity index (χ0) is 14.1. The quantitative estimate of drug-likeness (QED) is 0.802. The lowest BCUT2D eigenvalue weighted by molar-refractivity contribution is 0.516. The fourth-order valence-electron chi connectivity index (χ4n) is 3.02. The van der Waals surface area contributed by atoms with Crippen molar-refractivity contribution in [2.45, 2.75) is 18.4 Å². The summed E-state index contributed by atoms with van der Waals surface area (Å²) in [5.41, 5.74) is 2.74. The van der Waals surface area contributed by atoms with E-state index in [0.29, 0.717) is 17.9 Å². The van der Waals surface area contributed by atoms with Gasteiger partial charge in [-0.25, -0.2) is 0 Å². The molecule has 0 heterocycles. The van der Waals surface area contributed by atoms with Crippen LogP contribution in [-0.2, 0) is 0 Å². The second-order valence-electron chi connectivity index (χ2n) is 5.35. The van der Waals surface area contributed by atoms with Gasteiger partial charge >= 0.3 is 0 Å². The Morgan fingerprint density at radius 3 is 2.60 bits per heavy atom. The monoisotopic (exact) mass is 349 g/mol. The first-order valence-electron chi connectivity index (χ1n) is 6.88. The highest BCUT2D eigenvalue weighted by Gasteiger charge is 2.44. The van der Waals surface area contributed by atoms with E-state index in [9.17, 15) is 0 Å². The third-order valence-electron chi connectivity index (χ3n) is 4.10. The summed E-state index contributed by atoms with van der Waals surface area (Å²) in [6.07, 6.45) is 1.24. The van der Waals surface area contributed by atoms with E-state index in [1.807, 2.05) is 19.2 Å². The molecule has 3 atom stereocenters. The van der Waals surface area contributed by atoms with Crippen molar-refractivity contribution in [1.82, 2.24) is 5.32 Å². The fourth-order valence-corrected chi connectivity index (χ4v) is 3.95. The molecule has 0 amide bonds. The van der Waals surface area contributed by atoms with Crippen LogP contribution >= 0.6 is 27.5 Å². The fraction of sp³-hybridized carbons (Fsp3) is 0.294. The van der Waals surface area contributed by atoms with E-state index in [-0.39, 0.29) is 0 Å². The first kappa shape index (κ1) is 14.1. The number of rotatable bonds is 4. The molecule has 1 fully saturated rings. The third kappa shape index (κ3) is 2.78. The first-order chi connectivity index (χ1) is 9.70. The number of halogens is 2. The Labute approximate surface area is 133 Å². The molecule has 3 rings (SSSR count). The Kier molecular flexibility index (Phi) is 4.16. The van der Waals surface area contributed by atoms with Gasteiger partial charge in [-0.2, -0.15) is 0 Å². The molecule has 0 radical (unpaired) electrons. The van der Waals surface area contributed by atoms with E-state index in [1.165, 1.54) is 17.5 Å². The highest BCUT2D eigenvalue weighted by atomic mass is 79.9. The van der Waals surface area contributed by atoms with E-state index in [1.54, 1.807) is 0 Å². The van der Waals surface area contributed by atoms with Gasteiger partial charge in [0.1, 0.15) is 0 Å². The van der Waals surface area contributed by atoms with Crippen molar-refractivity contribution in [2.75, 3.05) is 7.05 Å². The molecule has 0 saturated heterocycles. The van der Waals surface area contributed by atoms with Crippen LogP contribution in [0.1, 0.15) is 29.5 Å². The minimum absolute atomic E-state index is 0.367. The molecule has 1 aliphatic rings. The lowest BCUT2D eigenvalue weighted by atomic mass is 9.99. The van der Waals surface area contributed by atoms with Gasteiger partial charge in [0.2, 0.25) is 0 Å². The van der Waals surface area contributed by atoms with Crippen LogP contribution in [0, 0.1) is 5.92 Å². The highest BCUT2D eigenvalue weighted by Crippen LogP contribution is 2.54. The van der Waals surface area contributed by atoms with Crippen molar-refractivity contribution in [3.8, 4) is 0 Å². The summed E-state index contributed by atoms with van der Waals surface area (Å²) in [6.45, 7) is 0. The van der Waals surface area contributed by atoms with E-state index in [0.717, 1.165) is 9.50 Å². The van der Waals surface area contributed by atoms with Crippen molar-refractivity contribution in [1.29, 1.82) is 0 Å². The summed E-state index contributed by atoms with van der Waals surface area (Å²) < 4.78 is 1.09. The van der Waals surface area contributed by atoms with Gasteiger partial charge in [0.05, 0.1) is 0 Å². The molecule has 2 aromatic carbocycles. The maximum Gasteiger partial charge on any atom is 0.0417 e. The molecule has 1 aliphatic carbocycles. The Balaban J connectivity index is 1.82. The van der Waals surface area contributed by atoms with Crippen LogP contribution < -0.4 is 5.32 Å². The molecule has 1 nitrogen and oxygen atoms in total. The van der Waals surface area contributed by atoms with Gasteiger partial charge in [0.15, 0.2) is 0 Å². The molecule has 0 aromatic heterocycles. The molecular formula is C17H17BrClN. The van der Waals surface area contributed by atoms with Crippen LogP contribution in [0.3, 0.4) is 0 Å². The van der Waals surface area contributed by atoms with E-state index in [4.69, 9.17) is 11.6 Å². The van der Waals surface area contributed by atoms with Crippen LogP contribution in [0.2, 0.25) is 5.02 Å². The number of hydrogen-bond donors (Lipinski definition) is 1. The summed E-state index contributed by atoms with van der Waals surface area (Å²) in [6, 6.07) is 17.2. The van der Waals surface area contributed by atoms with Crippen LogP contribution in [0.15, 0.2) is 53.0 Å². The Morgan fingerprint density at radius 1 is 1.20 bits per heavy atom. The second-order valence-corrected chi connectivity index (χ2v) is 6.64. The summed E-state index contributed by atoms with van der Waals surface area (Å²) in [7, 11) is 2.03. The Morgan fingerprint density at radius 2 is 1.95 bits per heavy atom. The average molecular weight is 351 g/mol. The van der Waals surface area contributed by atoms with Crippen molar-refractivity contribution < 1.29 is 0 Å². The minimum Gasteiger partial charge on any atom is -0.313 e. The number of benzene rings is 2. The van der Waals surface area contributed by atoms with E-state index in [2.05, 4.69) is 57.6 Å². The largest absolute Gasteiger partial charge is 0.313 e. The molecule has 0 aliphatic heterocycles. The molecule has 1 saturated carbocycles. The maximum atomic E-state index is 6.03. The molecule has 3 unspecified atom stereocenters. The van der Waals surface area contributed by atoms with Crippen molar-refractivity contribution in [3.05, 3.63) is 69.2 Å². The van der Waals surface area contributed by atoms with Crippen molar-refractivity contribution in [3.63, 3.8) is 0 Å². The molecule has 104 valence electrons. The summed E-state index contributed by atoms with van der Waals surface area (Å²) in [5.74, 6) is 1.32. The smallest absolute Gasteiger partial charge is 0.0417 e. The first-order valence-corrected chi connectivity index (χ1v) is 8.05. The zero-order valence-electron chi connectivity index (χ0n) is 11.3. The lowest BCUT2D eigenvalue weighted by Crippen LogP contribution is -2.19. The van der Waals surface area contributed by atoms with Gasteiger partial charge in [-0.05, 0) is 48.6 Å². The van der Waals surface area contributed by atoms with E-state index >= 15 is 0 Å². The average Bonchev–Trinajstić information content (AvgIpc) is 3.23. The van der Waals surface area contributed by atoms with Crippen LogP contribution in [0.4, 0.5) is 0 Å². The summed E-state index contributed by atoms with van der Waals surface area (Å²) in [4.78, 5) is 0. The minimum atomic E-state index is 0.367. The Hall–Kier alpha value is -0.830. The van der Waals surface area contributed by atoms with Gasteiger partial charge in [0.25, 0.3) is 0 Å². The third-order valence-corrected chi connectivity index (χ3v) is 5.03. The van der Waals surface area contributed by atoms with Crippen LogP contribution in [-0.4, -0.2) is 7.05 Å². The predicted molar refractivity (Wildman–Crippen MR) is 88.2 cm³/mol. The molecule has 2 aromatic rings. The lowest BCUT2D eigenvalue weighted by Gasteiger charge is -2.19.